The van der Waals surface area contributed by atoms with E-state index in [9.17, 15) is 15.0 Å². The SMILES string of the molecule is COc1cc(Br)cc(C=NNC(=O)c2ccccc2O)c1O. The molecule has 2 rings (SSSR count). The largest absolute Gasteiger partial charge is 0.507 e. The Bertz CT molecular complexity index is 731. The van der Waals surface area contributed by atoms with E-state index >= 15 is 0 Å². The second kappa shape index (κ2) is 6.95. The van der Waals surface area contributed by atoms with Gasteiger partial charge >= 0.3 is 0 Å². The lowest BCUT2D eigenvalue weighted by atomic mass is 10.2. The fourth-order valence-corrected chi connectivity index (χ4v) is 2.19. The quantitative estimate of drug-likeness (QED) is 0.574. The molecule has 1 amide bonds. The molecule has 0 aliphatic heterocycles. The number of amides is 1. The number of nitrogens with one attached hydrogen (secondary N) is 1. The molecule has 3 N–H and O–H groups in total. The van der Waals surface area contributed by atoms with Gasteiger partial charge in [0.15, 0.2) is 11.5 Å². The number of hydrogen-bond acceptors (Lipinski definition) is 5. The average molecular weight is 365 g/mol. The van der Waals surface area contributed by atoms with Crippen LogP contribution in [0.5, 0.6) is 17.2 Å². The number of phenolic OH excluding ortho intramolecular Hbond substituents is 2. The van der Waals surface area contributed by atoms with Gasteiger partial charge in [-0.05, 0) is 24.3 Å². The summed E-state index contributed by atoms with van der Waals surface area (Å²) < 4.78 is 5.71. The molecule has 0 saturated carbocycles. The number of hydrazone groups is 1. The maximum Gasteiger partial charge on any atom is 0.275 e. The van der Waals surface area contributed by atoms with Gasteiger partial charge in [-0.3, -0.25) is 4.79 Å². The summed E-state index contributed by atoms with van der Waals surface area (Å²) in [4.78, 5) is 11.8. The second-order valence-corrected chi connectivity index (χ2v) is 5.18. The standard InChI is InChI=1S/C15H13BrN2O4/c1-22-13-7-10(16)6-9(14(13)20)8-17-18-15(21)11-4-2-3-5-12(11)19/h2-8,19-20H,1H3,(H,18,21). The molecule has 0 fully saturated rings. The summed E-state index contributed by atoms with van der Waals surface area (Å²) in [6.07, 6.45) is 1.28. The van der Waals surface area contributed by atoms with Gasteiger partial charge in [0.1, 0.15) is 5.75 Å². The summed E-state index contributed by atoms with van der Waals surface area (Å²) in [5.41, 5.74) is 2.75. The summed E-state index contributed by atoms with van der Waals surface area (Å²) in [5, 5.41) is 23.3. The number of hydrogen-bond donors (Lipinski definition) is 3. The summed E-state index contributed by atoms with van der Waals surface area (Å²) in [6, 6.07) is 9.34. The van der Waals surface area contributed by atoms with Crippen molar-refractivity contribution in [3.63, 3.8) is 0 Å². The predicted molar refractivity (Wildman–Crippen MR) is 85.5 cm³/mol. The Morgan fingerprint density at radius 1 is 1.32 bits per heavy atom. The minimum absolute atomic E-state index is 0.0914. The fourth-order valence-electron chi connectivity index (χ4n) is 1.73. The third-order valence-electron chi connectivity index (χ3n) is 2.81. The van der Waals surface area contributed by atoms with Crippen LogP contribution in [0.1, 0.15) is 15.9 Å². The number of nitrogens with zero attached hydrogens (tertiary/aromatic N) is 1. The Hall–Kier alpha value is -2.54. The Labute approximate surface area is 135 Å². The first-order valence-corrected chi connectivity index (χ1v) is 7.00. The second-order valence-electron chi connectivity index (χ2n) is 4.26. The monoisotopic (exact) mass is 364 g/mol. The smallest absolute Gasteiger partial charge is 0.275 e. The fraction of sp³-hybridized carbons (Fsp3) is 0.0667. The van der Waals surface area contributed by atoms with Crippen LogP contribution in [-0.4, -0.2) is 29.4 Å². The van der Waals surface area contributed by atoms with Crippen LogP contribution >= 0.6 is 15.9 Å². The van der Waals surface area contributed by atoms with Crippen molar-refractivity contribution in [3.05, 3.63) is 52.0 Å². The molecular weight excluding hydrogens is 352 g/mol. The van der Waals surface area contributed by atoms with E-state index < -0.39 is 5.91 Å². The van der Waals surface area contributed by atoms with Gasteiger partial charge in [-0.1, -0.05) is 28.1 Å². The number of rotatable bonds is 4. The number of benzene rings is 2. The Morgan fingerprint density at radius 3 is 2.73 bits per heavy atom. The molecular formula is C15H13BrN2O4. The molecule has 7 heteroatoms. The van der Waals surface area contributed by atoms with E-state index in [1.165, 1.54) is 25.5 Å². The molecule has 0 radical (unpaired) electrons. The topological polar surface area (TPSA) is 91.2 Å². The number of methoxy groups -OCH3 is 1. The number of halogens is 1. The summed E-state index contributed by atoms with van der Waals surface area (Å²) in [7, 11) is 1.43. The van der Waals surface area contributed by atoms with Crippen LogP contribution < -0.4 is 10.2 Å². The van der Waals surface area contributed by atoms with Gasteiger partial charge in [-0.2, -0.15) is 5.10 Å². The van der Waals surface area contributed by atoms with Crippen LogP contribution in [0.3, 0.4) is 0 Å². The summed E-state index contributed by atoms with van der Waals surface area (Å²) in [6.45, 7) is 0. The van der Waals surface area contributed by atoms with Crippen molar-refractivity contribution in [2.45, 2.75) is 0 Å². The van der Waals surface area contributed by atoms with Crippen LogP contribution in [0.4, 0.5) is 0 Å². The van der Waals surface area contributed by atoms with Crippen molar-refractivity contribution in [1.82, 2.24) is 5.43 Å². The lowest BCUT2D eigenvalue weighted by Crippen LogP contribution is -2.17. The minimum atomic E-state index is -0.559. The van der Waals surface area contributed by atoms with Gasteiger partial charge in [0.25, 0.3) is 5.91 Å². The van der Waals surface area contributed by atoms with Gasteiger partial charge in [-0.25, -0.2) is 5.43 Å². The first-order chi connectivity index (χ1) is 10.5. The maximum absolute atomic E-state index is 11.8. The number of ether oxygens (including phenoxy) is 1. The highest BCUT2D eigenvalue weighted by molar-refractivity contribution is 9.10. The molecule has 22 heavy (non-hydrogen) atoms. The average Bonchev–Trinajstić information content (AvgIpc) is 2.50. The molecule has 0 aliphatic rings. The van der Waals surface area contributed by atoms with E-state index in [0.29, 0.717) is 10.0 Å². The van der Waals surface area contributed by atoms with Gasteiger partial charge in [0.05, 0.1) is 18.9 Å². The van der Waals surface area contributed by atoms with E-state index in [2.05, 4.69) is 26.5 Å². The molecule has 0 bridgehead atoms. The predicted octanol–water partition coefficient (Wildman–Crippen LogP) is 2.63. The number of aromatic hydroxyl groups is 2. The van der Waals surface area contributed by atoms with Gasteiger partial charge in [-0.15, -0.1) is 0 Å². The molecule has 0 atom stereocenters. The zero-order chi connectivity index (χ0) is 16.1. The molecule has 0 aliphatic carbocycles. The van der Waals surface area contributed by atoms with Crippen molar-refractivity contribution in [3.8, 4) is 17.2 Å². The van der Waals surface area contributed by atoms with Crippen LogP contribution in [-0.2, 0) is 0 Å². The molecule has 0 saturated heterocycles. The normalized spacial score (nSPS) is 10.6. The highest BCUT2D eigenvalue weighted by Crippen LogP contribution is 2.32. The maximum atomic E-state index is 11.8. The molecule has 2 aromatic rings. The van der Waals surface area contributed by atoms with Crippen molar-refractivity contribution in [1.29, 1.82) is 0 Å². The number of carbonyl (C=O) groups is 1. The van der Waals surface area contributed by atoms with Crippen LogP contribution in [0.15, 0.2) is 46.0 Å². The highest BCUT2D eigenvalue weighted by Gasteiger charge is 2.10. The van der Waals surface area contributed by atoms with Crippen LogP contribution in [0.2, 0.25) is 0 Å². The molecule has 0 spiro atoms. The lowest BCUT2D eigenvalue weighted by Gasteiger charge is -2.07. The zero-order valence-corrected chi connectivity index (χ0v) is 13.2. The van der Waals surface area contributed by atoms with Gasteiger partial charge in [0, 0.05) is 10.0 Å². The number of phenols is 2. The van der Waals surface area contributed by atoms with Crippen molar-refractivity contribution >= 4 is 28.1 Å². The van der Waals surface area contributed by atoms with Gasteiger partial charge < -0.3 is 14.9 Å². The molecule has 0 aromatic heterocycles. The van der Waals surface area contributed by atoms with E-state index in [1.807, 2.05) is 0 Å². The number of carbonyl (C=O) groups excluding carboxylic acids is 1. The van der Waals surface area contributed by atoms with E-state index in [0.717, 1.165) is 0 Å². The molecule has 114 valence electrons. The van der Waals surface area contributed by atoms with E-state index in [1.54, 1.807) is 24.3 Å². The van der Waals surface area contributed by atoms with Crippen LogP contribution in [0.25, 0.3) is 0 Å². The third kappa shape index (κ3) is 3.56. The Morgan fingerprint density at radius 2 is 2.05 bits per heavy atom. The Balaban J connectivity index is 2.15. The lowest BCUT2D eigenvalue weighted by molar-refractivity contribution is 0.0952. The zero-order valence-electron chi connectivity index (χ0n) is 11.6. The van der Waals surface area contributed by atoms with Crippen molar-refractivity contribution in [2.75, 3.05) is 7.11 Å². The summed E-state index contributed by atoms with van der Waals surface area (Å²) >= 11 is 3.28. The first kappa shape index (κ1) is 15.8. The Kier molecular flexibility index (Phi) is 5.00. The van der Waals surface area contributed by atoms with Gasteiger partial charge in [0.2, 0.25) is 0 Å². The van der Waals surface area contributed by atoms with Crippen molar-refractivity contribution < 1.29 is 19.7 Å². The highest BCUT2D eigenvalue weighted by atomic mass is 79.9. The van der Waals surface area contributed by atoms with E-state index in [-0.39, 0.29) is 22.8 Å². The third-order valence-corrected chi connectivity index (χ3v) is 3.27. The molecule has 0 heterocycles. The minimum Gasteiger partial charge on any atom is -0.507 e. The summed E-state index contributed by atoms with van der Waals surface area (Å²) in [5.74, 6) is -0.507. The molecule has 0 unspecified atom stereocenters. The van der Waals surface area contributed by atoms with E-state index in [4.69, 9.17) is 4.74 Å². The van der Waals surface area contributed by atoms with Crippen LogP contribution in [0, 0.1) is 0 Å². The number of para-hydroxylation sites is 1. The van der Waals surface area contributed by atoms with Crippen molar-refractivity contribution in [2.24, 2.45) is 5.10 Å². The molecule has 6 nitrogen and oxygen atoms in total. The first-order valence-electron chi connectivity index (χ1n) is 6.21. The molecule has 2 aromatic carbocycles.